The maximum absolute atomic E-state index is 6.10. The summed E-state index contributed by atoms with van der Waals surface area (Å²) < 4.78 is 0. The van der Waals surface area contributed by atoms with Crippen LogP contribution >= 0.6 is 11.6 Å². The fraction of sp³-hybridized carbons (Fsp3) is 0.625. The molecule has 1 aromatic rings. The number of hydrogen-bond donors (Lipinski definition) is 1. The zero-order valence-corrected chi connectivity index (χ0v) is 13.0. The molecule has 1 heterocycles. The standard InChI is InChI=1S/C16H25ClN2/c1-4-16(5-2)12-18-13(3)10-19(16)11-14-7-6-8-15(17)9-14/h6-9,13,18H,4-5,10-12H2,1-3H3. The summed E-state index contributed by atoms with van der Waals surface area (Å²) in [4.78, 5) is 2.64. The van der Waals surface area contributed by atoms with Gasteiger partial charge in [-0.3, -0.25) is 4.90 Å². The fourth-order valence-corrected chi connectivity index (χ4v) is 3.31. The lowest BCUT2D eigenvalue weighted by Crippen LogP contribution is -2.63. The lowest BCUT2D eigenvalue weighted by atomic mass is 9.87. The Morgan fingerprint density at radius 2 is 2.11 bits per heavy atom. The molecule has 0 aliphatic carbocycles. The Kier molecular flexibility index (Phi) is 4.88. The van der Waals surface area contributed by atoms with Crippen LogP contribution in [0.1, 0.15) is 39.2 Å². The molecule has 0 bridgehead atoms. The van der Waals surface area contributed by atoms with Crippen molar-refractivity contribution in [3.8, 4) is 0 Å². The Morgan fingerprint density at radius 3 is 2.74 bits per heavy atom. The first kappa shape index (κ1) is 14.8. The van der Waals surface area contributed by atoms with Crippen molar-refractivity contribution in [2.75, 3.05) is 13.1 Å². The second-order valence-corrected chi connectivity index (χ2v) is 6.16. The predicted octanol–water partition coefficient (Wildman–Crippen LogP) is 3.69. The maximum atomic E-state index is 6.10. The summed E-state index contributed by atoms with van der Waals surface area (Å²) in [5, 5.41) is 4.47. The number of halogens is 1. The molecule has 2 rings (SSSR count). The fourth-order valence-electron chi connectivity index (χ4n) is 3.10. The van der Waals surface area contributed by atoms with Crippen LogP contribution in [0.15, 0.2) is 24.3 Å². The summed E-state index contributed by atoms with van der Waals surface area (Å²) in [6, 6.07) is 8.81. The predicted molar refractivity (Wildman–Crippen MR) is 82.6 cm³/mol. The summed E-state index contributed by atoms with van der Waals surface area (Å²) in [5.74, 6) is 0. The van der Waals surface area contributed by atoms with E-state index < -0.39 is 0 Å². The van der Waals surface area contributed by atoms with Gasteiger partial charge in [0.2, 0.25) is 0 Å². The molecule has 0 radical (unpaired) electrons. The summed E-state index contributed by atoms with van der Waals surface area (Å²) in [5.41, 5.74) is 1.60. The van der Waals surface area contributed by atoms with Gasteiger partial charge in [-0.2, -0.15) is 0 Å². The highest BCUT2D eigenvalue weighted by Crippen LogP contribution is 2.29. The molecule has 1 fully saturated rings. The lowest BCUT2D eigenvalue weighted by Gasteiger charge is -2.49. The Hall–Kier alpha value is -0.570. The van der Waals surface area contributed by atoms with Gasteiger partial charge in [0.1, 0.15) is 0 Å². The number of rotatable bonds is 4. The number of nitrogens with zero attached hydrogens (tertiary/aromatic N) is 1. The molecular formula is C16H25ClN2. The van der Waals surface area contributed by atoms with Gasteiger partial charge in [0.25, 0.3) is 0 Å². The Balaban J connectivity index is 2.18. The zero-order valence-electron chi connectivity index (χ0n) is 12.2. The van der Waals surface area contributed by atoms with E-state index in [2.05, 4.69) is 43.1 Å². The minimum Gasteiger partial charge on any atom is -0.311 e. The quantitative estimate of drug-likeness (QED) is 0.905. The average Bonchev–Trinajstić information content (AvgIpc) is 2.40. The van der Waals surface area contributed by atoms with E-state index in [1.54, 1.807) is 0 Å². The van der Waals surface area contributed by atoms with Gasteiger partial charge in [0.05, 0.1) is 0 Å². The molecular weight excluding hydrogens is 256 g/mol. The van der Waals surface area contributed by atoms with Crippen LogP contribution in [-0.4, -0.2) is 29.6 Å². The number of piperazine rings is 1. The number of nitrogens with one attached hydrogen (secondary N) is 1. The lowest BCUT2D eigenvalue weighted by molar-refractivity contribution is 0.0278. The van der Waals surface area contributed by atoms with Crippen molar-refractivity contribution in [2.45, 2.75) is 51.7 Å². The summed E-state index contributed by atoms with van der Waals surface area (Å²) >= 11 is 6.10. The van der Waals surface area contributed by atoms with E-state index in [4.69, 9.17) is 11.6 Å². The number of hydrogen-bond acceptors (Lipinski definition) is 2. The van der Waals surface area contributed by atoms with Crippen LogP contribution in [0.25, 0.3) is 0 Å². The van der Waals surface area contributed by atoms with Crippen LogP contribution in [0.5, 0.6) is 0 Å². The van der Waals surface area contributed by atoms with Crippen LogP contribution in [0.4, 0.5) is 0 Å². The summed E-state index contributed by atoms with van der Waals surface area (Å²) in [6.45, 7) is 10.0. The molecule has 19 heavy (non-hydrogen) atoms. The molecule has 0 amide bonds. The van der Waals surface area contributed by atoms with E-state index in [-0.39, 0.29) is 5.54 Å². The van der Waals surface area contributed by atoms with Crippen LogP contribution in [0.2, 0.25) is 5.02 Å². The van der Waals surface area contributed by atoms with E-state index in [0.717, 1.165) is 24.7 Å². The minimum atomic E-state index is 0.287. The molecule has 2 nitrogen and oxygen atoms in total. The third-order valence-corrected chi connectivity index (χ3v) is 4.76. The molecule has 3 heteroatoms. The molecule has 1 aliphatic rings. The molecule has 1 N–H and O–H groups in total. The second-order valence-electron chi connectivity index (χ2n) is 5.72. The molecule has 1 unspecified atom stereocenters. The normalized spacial score (nSPS) is 23.5. The van der Waals surface area contributed by atoms with E-state index in [1.807, 2.05) is 12.1 Å². The van der Waals surface area contributed by atoms with Gasteiger partial charge in [-0.15, -0.1) is 0 Å². The SMILES string of the molecule is CCC1(CC)CNC(C)CN1Cc1cccc(Cl)c1. The molecule has 0 aromatic heterocycles. The average molecular weight is 281 g/mol. The third kappa shape index (κ3) is 3.31. The van der Waals surface area contributed by atoms with Crippen LogP contribution in [-0.2, 0) is 6.54 Å². The first-order chi connectivity index (χ1) is 9.09. The molecule has 1 aliphatic heterocycles. The van der Waals surface area contributed by atoms with Gasteiger partial charge in [-0.25, -0.2) is 0 Å². The zero-order chi connectivity index (χ0) is 13.9. The Bertz CT molecular complexity index is 415. The molecule has 0 saturated carbocycles. The van der Waals surface area contributed by atoms with Crippen molar-refractivity contribution in [1.82, 2.24) is 10.2 Å². The molecule has 0 spiro atoms. The second kappa shape index (κ2) is 6.25. The molecule has 1 aromatic carbocycles. The van der Waals surface area contributed by atoms with Crippen molar-refractivity contribution in [2.24, 2.45) is 0 Å². The van der Waals surface area contributed by atoms with E-state index >= 15 is 0 Å². The highest BCUT2D eigenvalue weighted by Gasteiger charge is 2.37. The van der Waals surface area contributed by atoms with Crippen LogP contribution in [0, 0.1) is 0 Å². The highest BCUT2D eigenvalue weighted by atomic mass is 35.5. The largest absolute Gasteiger partial charge is 0.311 e. The minimum absolute atomic E-state index is 0.287. The first-order valence-corrected chi connectivity index (χ1v) is 7.70. The Labute approximate surface area is 122 Å². The molecule has 106 valence electrons. The first-order valence-electron chi connectivity index (χ1n) is 7.32. The van der Waals surface area contributed by atoms with Crippen molar-refractivity contribution in [3.63, 3.8) is 0 Å². The van der Waals surface area contributed by atoms with Crippen molar-refractivity contribution < 1.29 is 0 Å². The van der Waals surface area contributed by atoms with Gasteiger partial charge < -0.3 is 5.32 Å². The topological polar surface area (TPSA) is 15.3 Å². The van der Waals surface area contributed by atoms with Crippen LogP contribution in [0.3, 0.4) is 0 Å². The van der Waals surface area contributed by atoms with E-state index in [0.29, 0.717) is 6.04 Å². The van der Waals surface area contributed by atoms with Gasteiger partial charge in [-0.05, 0) is 37.5 Å². The van der Waals surface area contributed by atoms with Crippen molar-refractivity contribution >= 4 is 11.6 Å². The Morgan fingerprint density at radius 1 is 1.37 bits per heavy atom. The van der Waals surface area contributed by atoms with Gasteiger partial charge in [0, 0.05) is 36.2 Å². The van der Waals surface area contributed by atoms with Gasteiger partial charge >= 0.3 is 0 Å². The highest BCUT2D eigenvalue weighted by molar-refractivity contribution is 6.30. The molecule has 1 saturated heterocycles. The molecule has 1 atom stereocenters. The maximum Gasteiger partial charge on any atom is 0.0409 e. The summed E-state index contributed by atoms with van der Waals surface area (Å²) in [6.07, 6.45) is 2.37. The van der Waals surface area contributed by atoms with E-state index in [1.165, 1.54) is 18.4 Å². The monoisotopic (exact) mass is 280 g/mol. The summed E-state index contributed by atoms with van der Waals surface area (Å²) in [7, 11) is 0. The smallest absolute Gasteiger partial charge is 0.0409 e. The van der Waals surface area contributed by atoms with Crippen molar-refractivity contribution in [1.29, 1.82) is 0 Å². The third-order valence-electron chi connectivity index (χ3n) is 4.52. The van der Waals surface area contributed by atoms with Crippen molar-refractivity contribution in [3.05, 3.63) is 34.9 Å². The number of benzene rings is 1. The van der Waals surface area contributed by atoms with Gasteiger partial charge in [0.15, 0.2) is 0 Å². The van der Waals surface area contributed by atoms with Crippen LogP contribution < -0.4 is 5.32 Å². The van der Waals surface area contributed by atoms with E-state index in [9.17, 15) is 0 Å². The van der Waals surface area contributed by atoms with Gasteiger partial charge in [-0.1, -0.05) is 37.6 Å².